The first-order valence-corrected chi connectivity index (χ1v) is 8.69. The monoisotopic (exact) mass is 348 g/mol. The number of nitrogens with zero attached hydrogens (tertiary/aromatic N) is 2. The number of sulfonamides is 1. The van der Waals surface area contributed by atoms with Crippen LogP contribution < -0.4 is 0 Å². The summed E-state index contributed by atoms with van der Waals surface area (Å²) < 4.78 is 40.2. The normalized spacial score (nSPS) is 12.8. The molecule has 2 aromatic rings. The Kier molecular flexibility index (Phi) is 5.67. The Hall–Kier alpha value is -2.27. The van der Waals surface area contributed by atoms with E-state index >= 15 is 0 Å². The van der Waals surface area contributed by atoms with Crippen molar-refractivity contribution in [2.45, 2.75) is 17.4 Å². The van der Waals surface area contributed by atoms with E-state index in [1.54, 1.807) is 30.3 Å². The maximum absolute atomic E-state index is 13.4. The van der Waals surface area contributed by atoms with Gasteiger partial charge in [-0.1, -0.05) is 30.3 Å². The first-order chi connectivity index (χ1) is 11.4. The molecule has 0 radical (unpaired) electrons. The van der Waals surface area contributed by atoms with Crippen molar-refractivity contribution in [3.05, 3.63) is 65.5 Å². The van der Waals surface area contributed by atoms with E-state index in [-0.39, 0.29) is 23.5 Å². The van der Waals surface area contributed by atoms with Gasteiger partial charge in [0, 0.05) is 13.7 Å². The molecular weight excluding hydrogens is 331 g/mol. The summed E-state index contributed by atoms with van der Waals surface area (Å²) in [5, 5.41) is 18.2. The van der Waals surface area contributed by atoms with Crippen LogP contribution in [0.1, 0.15) is 23.6 Å². The van der Waals surface area contributed by atoms with Crippen LogP contribution in [0.25, 0.3) is 0 Å². The lowest BCUT2D eigenvalue weighted by atomic mass is 10.0. The second-order valence-electron chi connectivity index (χ2n) is 5.21. The largest absolute Gasteiger partial charge is 0.396 e. The van der Waals surface area contributed by atoms with Crippen LogP contribution in [0.2, 0.25) is 0 Å². The Bertz CT molecular complexity index is 848. The highest BCUT2D eigenvalue weighted by atomic mass is 32.2. The lowest BCUT2D eigenvalue weighted by molar-refractivity contribution is 0.240. The van der Waals surface area contributed by atoms with E-state index in [1.165, 1.54) is 7.05 Å². The van der Waals surface area contributed by atoms with Gasteiger partial charge in [-0.3, -0.25) is 0 Å². The summed E-state index contributed by atoms with van der Waals surface area (Å²) in [5.74, 6) is -0.769. The number of nitriles is 1. The third-order valence-electron chi connectivity index (χ3n) is 3.76. The smallest absolute Gasteiger partial charge is 0.243 e. The molecule has 0 heterocycles. The van der Waals surface area contributed by atoms with Crippen molar-refractivity contribution in [3.8, 4) is 6.07 Å². The van der Waals surface area contributed by atoms with Gasteiger partial charge < -0.3 is 5.11 Å². The molecule has 5 nitrogen and oxygen atoms in total. The number of halogens is 1. The fourth-order valence-corrected chi connectivity index (χ4v) is 3.84. The van der Waals surface area contributed by atoms with Gasteiger partial charge in [-0.25, -0.2) is 12.8 Å². The number of hydrogen-bond donors (Lipinski definition) is 1. The molecule has 0 bridgehead atoms. The van der Waals surface area contributed by atoms with Gasteiger partial charge in [0.1, 0.15) is 11.9 Å². The number of aliphatic hydroxyl groups is 1. The van der Waals surface area contributed by atoms with Crippen LogP contribution in [-0.4, -0.2) is 31.5 Å². The lowest BCUT2D eigenvalue weighted by Crippen LogP contribution is -2.32. The molecular formula is C17H17FN2O3S. The van der Waals surface area contributed by atoms with Gasteiger partial charge in [0.25, 0.3) is 0 Å². The third-order valence-corrected chi connectivity index (χ3v) is 5.62. The molecule has 0 fully saturated rings. The van der Waals surface area contributed by atoms with Crippen LogP contribution in [0.3, 0.4) is 0 Å². The number of hydrogen-bond acceptors (Lipinski definition) is 4. The van der Waals surface area contributed by atoms with Crippen LogP contribution in [0.15, 0.2) is 53.4 Å². The Morgan fingerprint density at radius 3 is 2.50 bits per heavy atom. The first kappa shape index (κ1) is 18.1. The van der Waals surface area contributed by atoms with E-state index in [1.807, 2.05) is 6.07 Å². The van der Waals surface area contributed by atoms with Gasteiger partial charge in [-0.15, -0.1) is 0 Å². The zero-order chi connectivity index (χ0) is 17.7. The second-order valence-corrected chi connectivity index (χ2v) is 7.21. The second kappa shape index (κ2) is 7.53. The van der Waals surface area contributed by atoms with Gasteiger partial charge in [-0.2, -0.15) is 9.57 Å². The molecule has 126 valence electrons. The van der Waals surface area contributed by atoms with Crippen LogP contribution in [-0.2, 0) is 10.0 Å². The maximum atomic E-state index is 13.4. The molecule has 2 rings (SSSR count). The summed E-state index contributed by atoms with van der Waals surface area (Å²) in [6, 6.07) is 13.1. The summed E-state index contributed by atoms with van der Waals surface area (Å²) >= 11 is 0. The van der Waals surface area contributed by atoms with Gasteiger partial charge in [-0.05, 0) is 30.2 Å². The Labute approximate surface area is 140 Å². The van der Waals surface area contributed by atoms with E-state index in [0.29, 0.717) is 0 Å². The molecule has 0 aromatic heterocycles. The average Bonchev–Trinajstić information content (AvgIpc) is 2.60. The van der Waals surface area contributed by atoms with E-state index < -0.39 is 21.9 Å². The van der Waals surface area contributed by atoms with E-state index in [2.05, 4.69) is 0 Å². The molecule has 0 saturated carbocycles. The SMILES string of the molecule is CN([C@@H](CCO)c1ccccc1)S(=O)(=O)c1ccc(F)c(C#N)c1. The van der Waals surface area contributed by atoms with Gasteiger partial charge >= 0.3 is 0 Å². The Balaban J connectivity index is 2.45. The fraction of sp³-hybridized carbons (Fsp3) is 0.235. The van der Waals surface area contributed by atoms with Crippen LogP contribution in [0.5, 0.6) is 0 Å². The molecule has 24 heavy (non-hydrogen) atoms. The highest BCUT2D eigenvalue weighted by molar-refractivity contribution is 7.89. The van der Waals surface area contributed by atoms with Crippen molar-refractivity contribution in [2.24, 2.45) is 0 Å². The summed E-state index contributed by atoms with van der Waals surface area (Å²) in [6.07, 6.45) is 0.214. The molecule has 7 heteroatoms. The van der Waals surface area contributed by atoms with Gasteiger partial charge in [0.05, 0.1) is 16.5 Å². The molecule has 1 atom stereocenters. The van der Waals surface area contributed by atoms with E-state index in [4.69, 9.17) is 5.26 Å². The average molecular weight is 348 g/mol. The minimum atomic E-state index is -3.95. The van der Waals surface area contributed by atoms with Gasteiger partial charge in [0.15, 0.2) is 0 Å². The standard InChI is InChI=1S/C17H17FN2O3S/c1-20(17(9-10-21)13-5-3-2-4-6-13)24(22,23)15-7-8-16(18)14(11-15)12-19/h2-8,11,17,21H,9-10H2,1H3/t17-/m0/s1. The highest BCUT2D eigenvalue weighted by Crippen LogP contribution is 2.29. The lowest BCUT2D eigenvalue weighted by Gasteiger charge is -2.27. The minimum absolute atomic E-state index is 0.165. The van der Waals surface area contributed by atoms with Crippen molar-refractivity contribution in [1.82, 2.24) is 4.31 Å². The summed E-state index contributed by atoms with van der Waals surface area (Å²) in [7, 11) is -2.55. The molecule has 0 unspecified atom stereocenters. The molecule has 0 spiro atoms. The summed E-state index contributed by atoms with van der Waals surface area (Å²) in [5.41, 5.74) is 0.406. The molecule has 2 aromatic carbocycles. The predicted octanol–water partition coefficient (Wildman–Crippen LogP) is 2.44. The predicted molar refractivity (Wildman–Crippen MR) is 86.9 cm³/mol. The fourth-order valence-electron chi connectivity index (χ4n) is 2.44. The first-order valence-electron chi connectivity index (χ1n) is 7.25. The van der Waals surface area contributed by atoms with Gasteiger partial charge in [0.2, 0.25) is 10.0 Å². The van der Waals surface area contributed by atoms with Crippen molar-refractivity contribution in [2.75, 3.05) is 13.7 Å². The van der Waals surface area contributed by atoms with E-state index in [9.17, 15) is 17.9 Å². The highest BCUT2D eigenvalue weighted by Gasteiger charge is 2.29. The third kappa shape index (κ3) is 3.62. The topological polar surface area (TPSA) is 81.4 Å². The minimum Gasteiger partial charge on any atom is -0.396 e. The maximum Gasteiger partial charge on any atom is 0.243 e. The molecule has 1 N–H and O–H groups in total. The molecule has 0 aliphatic rings. The number of benzene rings is 2. The van der Waals surface area contributed by atoms with Crippen molar-refractivity contribution in [3.63, 3.8) is 0 Å². The van der Waals surface area contributed by atoms with Crippen molar-refractivity contribution < 1.29 is 17.9 Å². The quantitative estimate of drug-likeness (QED) is 0.869. The van der Waals surface area contributed by atoms with Crippen LogP contribution in [0, 0.1) is 17.1 Å². The summed E-state index contributed by atoms with van der Waals surface area (Å²) in [6.45, 7) is -0.188. The number of rotatable bonds is 6. The van der Waals surface area contributed by atoms with Crippen LogP contribution >= 0.6 is 0 Å². The molecule has 0 aliphatic heterocycles. The molecule has 0 amide bonds. The number of aliphatic hydroxyl groups excluding tert-OH is 1. The Morgan fingerprint density at radius 1 is 1.25 bits per heavy atom. The zero-order valence-electron chi connectivity index (χ0n) is 13.1. The molecule has 0 aliphatic carbocycles. The molecule has 0 saturated heterocycles. The van der Waals surface area contributed by atoms with Crippen LogP contribution in [0.4, 0.5) is 4.39 Å². The summed E-state index contributed by atoms with van der Waals surface area (Å²) in [4.78, 5) is -0.165. The van der Waals surface area contributed by atoms with Crippen molar-refractivity contribution >= 4 is 10.0 Å². The Morgan fingerprint density at radius 2 is 1.92 bits per heavy atom. The zero-order valence-corrected chi connectivity index (χ0v) is 13.9. The van der Waals surface area contributed by atoms with Crippen molar-refractivity contribution in [1.29, 1.82) is 5.26 Å². The van der Waals surface area contributed by atoms with E-state index in [0.717, 1.165) is 28.1 Å².